The zero-order valence-corrected chi connectivity index (χ0v) is 17.0. The number of primary amides is 1. The monoisotopic (exact) mass is 394 g/mol. The minimum atomic E-state index is -0.415. The minimum Gasteiger partial charge on any atom is -0.464 e. The Labute approximate surface area is 174 Å². The molecule has 0 radical (unpaired) electrons. The number of nitrogens with two attached hydrogens (primary N) is 1. The highest BCUT2D eigenvalue weighted by atomic mass is 16.3. The molecule has 4 nitrogen and oxygen atoms in total. The molecule has 0 bridgehead atoms. The van der Waals surface area contributed by atoms with E-state index in [1.165, 1.54) is 16.7 Å². The number of carbonyl (C=O) groups excluding carboxylic acids is 1. The van der Waals surface area contributed by atoms with Gasteiger partial charge in [-0.2, -0.15) is 0 Å². The van der Waals surface area contributed by atoms with Crippen LogP contribution in [-0.4, -0.2) is 10.5 Å². The van der Waals surface area contributed by atoms with Gasteiger partial charge in [0.1, 0.15) is 5.76 Å². The van der Waals surface area contributed by atoms with E-state index < -0.39 is 5.91 Å². The molecule has 1 amide bonds. The number of hydrogen-bond acceptors (Lipinski definition) is 2. The second-order valence-corrected chi connectivity index (χ2v) is 7.73. The molecule has 0 aliphatic carbocycles. The third-order valence-corrected chi connectivity index (χ3v) is 5.92. The molecule has 3 aromatic carbocycles. The van der Waals surface area contributed by atoms with Crippen molar-refractivity contribution >= 4 is 27.7 Å². The van der Waals surface area contributed by atoms with Crippen molar-refractivity contribution in [3.8, 4) is 11.3 Å². The van der Waals surface area contributed by atoms with E-state index in [0.717, 1.165) is 33.1 Å². The summed E-state index contributed by atoms with van der Waals surface area (Å²) in [6.45, 7) is 4.99. The molecule has 2 N–H and O–H groups in total. The van der Waals surface area contributed by atoms with Gasteiger partial charge in [-0.15, -0.1) is 0 Å². The Morgan fingerprint density at radius 1 is 0.933 bits per heavy atom. The van der Waals surface area contributed by atoms with Crippen molar-refractivity contribution in [2.24, 2.45) is 5.73 Å². The van der Waals surface area contributed by atoms with E-state index in [2.05, 4.69) is 54.8 Å². The number of rotatable bonds is 4. The molecule has 0 unspecified atom stereocenters. The number of benzene rings is 3. The lowest BCUT2D eigenvalue weighted by Crippen LogP contribution is -2.11. The highest BCUT2D eigenvalue weighted by Crippen LogP contribution is 2.35. The van der Waals surface area contributed by atoms with Crippen LogP contribution in [0.2, 0.25) is 0 Å². The Hall–Kier alpha value is -3.79. The standard InChI is InChI=1S/C26H22N2O2/c1-16-6-3-7-17(2)21(16)15-28-22-9-4-8-20(26(27)29)25(22)19-12-11-18(14-23(19)28)24-10-5-13-30-24/h3-14H,15H2,1-2H3,(H2,27,29). The summed E-state index contributed by atoms with van der Waals surface area (Å²) >= 11 is 0. The summed E-state index contributed by atoms with van der Waals surface area (Å²) in [4.78, 5) is 12.2. The third-order valence-electron chi connectivity index (χ3n) is 5.92. The van der Waals surface area contributed by atoms with Crippen LogP contribution < -0.4 is 5.73 Å². The highest BCUT2D eigenvalue weighted by molar-refractivity contribution is 6.18. The molecule has 5 aromatic rings. The van der Waals surface area contributed by atoms with Gasteiger partial charge in [-0.1, -0.05) is 36.4 Å². The summed E-state index contributed by atoms with van der Waals surface area (Å²) < 4.78 is 7.89. The first kappa shape index (κ1) is 18.3. The topological polar surface area (TPSA) is 61.2 Å². The van der Waals surface area contributed by atoms with Crippen LogP contribution in [0.1, 0.15) is 27.0 Å². The van der Waals surface area contributed by atoms with E-state index in [1.807, 2.05) is 24.3 Å². The smallest absolute Gasteiger partial charge is 0.249 e. The molecule has 0 fully saturated rings. The summed E-state index contributed by atoms with van der Waals surface area (Å²) in [5.74, 6) is 0.401. The predicted octanol–water partition coefficient (Wildman–Crippen LogP) is 5.82. The Morgan fingerprint density at radius 2 is 1.70 bits per heavy atom. The van der Waals surface area contributed by atoms with Crippen LogP contribution in [0.3, 0.4) is 0 Å². The third kappa shape index (κ3) is 2.80. The number of carbonyl (C=O) groups is 1. The van der Waals surface area contributed by atoms with E-state index in [0.29, 0.717) is 12.1 Å². The van der Waals surface area contributed by atoms with Crippen LogP contribution in [0.4, 0.5) is 0 Å². The predicted molar refractivity (Wildman–Crippen MR) is 121 cm³/mol. The highest BCUT2D eigenvalue weighted by Gasteiger charge is 2.18. The average molecular weight is 394 g/mol. The quantitative estimate of drug-likeness (QED) is 0.418. The Bertz CT molecular complexity index is 1390. The summed E-state index contributed by atoms with van der Waals surface area (Å²) in [6, 6.07) is 22.2. The number of amides is 1. The minimum absolute atomic E-state index is 0.415. The van der Waals surface area contributed by atoms with E-state index in [-0.39, 0.29) is 0 Å². The van der Waals surface area contributed by atoms with Crippen molar-refractivity contribution in [1.29, 1.82) is 0 Å². The molecule has 0 saturated heterocycles. The number of hydrogen-bond donors (Lipinski definition) is 1. The number of nitrogens with zero attached hydrogens (tertiary/aromatic N) is 1. The lowest BCUT2D eigenvalue weighted by atomic mass is 10.0. The van der Waals surface area contributed by atoms with Crippen molar-refractivity contribution in [1.82, 2.24) is 4.57 Å². The zero-order valence-electron chi connectivity index (χ0n) is 17.0. The number of fused-ring (bicyclic) bond motifs is 3. The summed E-state index contributed by atoms with van der Waals surface area (Å²) in [5.41, 5.74) is 13.1. The van der Waals surface area contributed by atoms with Crippen LogP contribution in [0, 0.1) is 13.8 Å². The molecule has 0 aliphatic rings. The fourth-order valence-electron chi connectivity index (χ4n) is 4.37. The lowest BCUT2D eigenvalue weighted by molar-refractivity contribution is 0.100. The molecule has 0 saturated carbocycles. The number of aromatic nitrogens is 1. The van der Waals surface area contributed by atoms with E-state index >= 15 is 0 Å². The second kappa shape index (κ2) is 6.92. The fourth-order valence-corrected chi connectivity index (χ4v) is 4.37. The van der Waals surface area contributed by atoms with E-state index in [4.69, 9.17) is 10.2 Å². The first-order valence-corrected chi connectivity index (χ1v) is 9.98. The maximum Gasteiger partial charge on any atom is 0.249 e. The molecule has 2 heterocycles. The van der Waals surface area contributed by atoms with Crippen molar-refractivity contribution < 1.29 is 9.21 Å². The van der Waals surface area contributed by atoms with E-state index in [9.17, 15) is 4.79 Å². The van der Waals surface area contributed by atoms with Crippen molar-refractivity contribution in [3.05, 3.63) is 95.2 Å². The second-order valence-electron chi connectivity index (χ2n) is 7.73. The van der Waals surface area contributed by atoms with Crippen LogP contribution >= 0.6 is 0 Å². The van der Waals surface area contributed by atoms with Gasteiger partial charge >= 0.3 is 0 Å². The van der Waals surface area contributed by atoms with Gasteiger partial charge in [0.15, 0.2) is 0 Å². The average Bonchev–Trinajstić information content (AvgIpc) is 3.37. The maximum atomic E-state index is 12.2. The molecule has 4 heteroatoms. The van der Waals surface area contributed by atoms with Gasteiger partial charge in [0, 0.05) is 28.4 Å². The van der Waals surface area contributed by atoms with Gasteiger partial charge in [0.25, 0.3) is 0 Å². The van der Waals surface area contributed by atoms with Crippen LogP contribution in [-0.2, 0) is 6.54 Å². The van der Waals surface area contributed by atoms with Crippen LogP contribution in [0.5, 0.6) is 0 Å². The molecular formula is C26H22N2O2. The first-order chi connectivity index (χ1) is 14.5. The molecule has 0 atom stereocenters. The molecule has 2 aromatic heterocycles. The summed E-state index contributed by atoms with van der Waals surface area (Å²) in [7, 11) is 0. The normalized spacial score (nSPS) is 11.4. The summed E-state index contributed by atoms with van der Waals surface area (Å²) in [5, 5.41) is 1.91. The van der Waals surface area contributed by atoms with Gasteiger partial charge in [-0.3, -0.25) is 4.79 Å². The van der Waals surface area contributed by atoms with Gasteiger partial charge in [-0.25, -0.2) is 0 Å². The molecule has 0 aliphatic heterocycles. The lowest BCUT2D eigenvalue weighted by Gasteiger charge is -2.13. The van der Waals surface area contributed by atoms with Crippen LogP contribution in [0.15, 0.2) is 77.4 Å². The van der Waals surface area contributed by atoms with E-state index in [1.54, 1.807) is 12.3 Å². The van der Waals surface area contributed by atoms with Gasteiger partial charge in [-0.05, 0) is 60.9 Å². The molecule has 0 spiro atoms. The van der Waals surface area contributed by atoms with Gasteiger partial charge in [0.2, 0.25) is 5.91 Å². The van der Waals surface area contributed by atoms with Crippen molar-refractivity contribution in [2.75, 3.05) is 0 Å². The van der Waals surface area contributed by atoms with Crippen molar-refractivity contribution in [2.45, 2.75) is 20.4 Å². The maximum absolute atomic E-state index is 12.2. The van der Waals surface area contributed by atoms with Gasteiger partial charge < -0.3 is 14.7 Å². The fraction of sp³-hybridized carbons (Fsp3) is 0.115. The number of furan rings is 1. The van der Waals surface area contributed by atoms with Gasteiger partial charge in [0.05, 0.1) is 17.3 Å². The first-order valence-electron chi connectivity index (χ1n) is 9.98. The molecule has 5 rings (SSSR count). The number of aryl methyl sites for hydroxylation is 2. The molecule has 30 heavy (non-hydrogen) atoms. The Balaban J connectivity index is 1.85. The Morgan fingerprint density at radius 3 is 2.40 bits per heavy atom. The summed E-state index contributed by atoms with van der Waals surface area (Å²) in [6.07, 6.45) is 1.68. The zero-order chi connectivity index (χ0) is 20.8. The SMILES string of the molecule is Cc1cccc(C)c1Cn1c2cc(-c3ccco3)ccc2c2c(C(N)=O)cccc21. The largest absolute Gasteiger partial charge is 0.464 e. The van der Waals surface area contributed by atoms with Crippen molar-refractivity contribution in [3.63, 3.8) is 0 Å². The molecule has 148 valence electrons. The Kier molecular flexibility index (Phi) is 4.21. The molecular weight excluding hydrogens is 372 g/mol. The van der Waals surface area contributed by atoms with Crippen LogP contribution in [0.25, 0.3) is 33.1 Å².